The average molecular weight is 471 g/mol. The minimum atomic E-state index is -1.36. The molecule has 0 aliphatic carbocycles. The lowest BCUT2D eigenvalue weighted by Crippen LogP contribution is -2.48. The Morgan fingerprint density at radius 2 is 1.59 bits per heavy atom. The lowest BCUT2D eigenvalue weighted by atomic mass is 9.76. The van der Waals surface area contributed by atoms with Gasteiger partial charge in [0.05, 0.1) is 0 Å². The van der Waals surface area contributed by atoms with Crippen LogP contribution in [0, 0.1) is 13.8 Å². The second kappa shape index (κ2) is 8.10. The first kappa shape index (κ1) is 25.7. The maximum atomic E-state index is 11.6. The van der Waals surface area contributed by atoms with E-state index in [1.165, 1.54) is 13.8 Å². The Morgan fingerprint density at radius 1 is 0.971 bits per heavy atom. The molecule has 1 aliphatic rings. The van der Waals surface area contributed by atoms with Gasteiger partial charge >= 0.3 is 5.97 Å². The molecule has 2 aromatic rings. The summed E-state index contributed by atoms with van der Waals surface area (Å²) in [5.74, 6) is 0.153. The van der Waals surface area contributed by atoms with Crippen LogP contribution in [0.4, 0.5) is 0 Å². The molecule has 0 saturated carbocycles. The van der Waals surface area contributed by atoms with Gasteiger partial charge < -0.3 is 24.4 Å². The van der Waals surface area contributed by atoms with Gasteiger partial charge in [-0.15, -0.1) is 0 Å². The summed E-state index contributed by atoms with van der Waals surface area (Å²) in [7, 11) is 0. The maximum absolute atomic E-state index is 11.6. The normalized spacial score (nSPS) is 19.7. The molecule has 186 valence electrons. The Kier molecular flexibility index (Phi) is 6.13. The van der Waals surface area contributed by atoms with E-state index in [-0.39, 0.29) is 16.6 Å². The van der Waals surface area contributed by atoms with E-state index in [2.05, 4.69) is 34.6 Å². The molecule has 1 atom stereocenters. The van der Waals surface area contributed by atoms with E-state index in [1.807, 2.05) is 39.0 Å². The molecule has 3 rings (SSSR count). The molecule has 1 heterocycles. The van der Waals surface area contributed by atoms with Crippen molar-refractivity contribution in [1.82, 2.24) is 0 Å². The van der Waals surface area contributed by atoms with Crippen molar-refractivity contribution in [3.05, 3.63) is 46.5 Å². The van der Waals surface area contributed by atoms with Crippen molar-refractivity contribution < 1.29 is 29.2 Å². The van der Waals surface area contributed by atoms with Crippen molar-refractivity contribution in [2.45, 2.75) is 97.9 Å². The number of rotatable bonds is 5. The van der Waals surface area contributed by atoms with Crippen molar-refractivity contribution in [2.24, 2.45) is 0 Å². The molecule has 0 bridgehead atoms. The molecule has 1 aliphatic heterocycles. The van der Waals surface area contributed by atoms with Crippen LogP contribution in [-0.2, 0) is 15.6 Å². The Morgan fingerprint density at radius 3 is 2.15 bits per heavy atom. The fraction of sp³-hybridized carbons (Fsp3) is 0.536. The summed E-state index contributed by atoms with van der Waals surface area (Å²) in [5.41, 5.74) is 1.41. The summed E-state index contributed by atoms with van der Waals surface area (Å²) >= 11 is 0. The van der Waals surface area contributed by atoms with Gasteiger partial charge in [0, 0.05) is 29.9 Å². The first-order chi connectivity index (χ1) is 15.3. The van der Waals surface area contributed by atoms with Crippen molar-refractivity contribution >= 4 is 5.97 Å². The number of fused-ring (bicyclic) bond motifs is 1. The fourth-order valence-electron chi connectivity index (χ4n) is 4.50. The van der Waals surface area contributed by atoms with Crippen LogP contribution in [-0.4, -0.2) is 27.6 Å². The van der Waals surface area contributed by atoms with Crippen molar-refractivity contribution in [3.63, 3.8) is 0 Å². The van der Waals surface area contributed by atoms with Crippen LogP contribution in [0.1, 0.15) is 84.1 Å². The molecule has 0 amide bonds. The van der Waals surface area contributed by atoms with E-state index >= 15 is 0 Å². The van der Waals surface area contributed by atoms with Crippen LogP contribution in [0.5, 0.6) is 23.0 Å². The number of aryl methyl sites for hydroxylation is 2. The molecule has 0 unspecified atom stereocenters. The Bertz CT molecular complexity index is 1120. The number of phenolic OH excluding ortho intramolecular Hbond substituents is 1. The largest absolute Gasteiger partial charge is 0.508 e. The fourth-order valence-corrected chi connectivity index (χ4v) is 4.50. The summed E-state index contributed by atoms with van der Waals surface area (Å²) in [4.78, 5) is 11.6. The van der Waals surface area contributed by atoms with Gasteiger partial charge in [0.1, 0.15) is 23.0 Å². The summed E-state index contributed by atoms with van der Waals surface area (Å²) in [6.45, 7) is 19.2. The van der Waals surface area contributed by atoms with E-state index in [4.69, 9.17) is 14.2 Å². The highest BCUT2D eigenvalue weighted by Gasteiger charge is 2.45. The number of carboxylic acid groups (broad SMARTS) is 1. The first-order valence-corrected chi connectivity index (χ1v) is 11.6. The zero-order chi connectivity index (χ0) is 25.9. The first-order valence-electron chi connectivity index (χ1n) is 11.6. The van der Waals surface area contributed by atoms with Crippen molar-refractivity contribution in [3.8, 4) is 23.0 Å². The molecule has 34 heavy (non-hydrogen) atoms. The Hall–Kier alpha value is -2.89. The number of hydrogen-bond donors (Lipinski definition) is 2. The number of hydrogen-bond acceptors (Lipinski definition) is 5. The number of ether oxygens (including phenoxy) is 3. The zero-order valence-corrected chi connectivity index (χ0v) is 22.0. The van der Waals surface area contributed by atoms with E-state index in [1.54, 1.807) is 6.07 Å². The molecular formula is C28H38O6. The second-order valence-corrected chi connectivity index (χ2v) is 11.8. The van der Waals surface area contributed by atoms with Crippen LogP contribution in [0.25, 0.3) is 0 Å². The summed E-state index contributed by atoms with van der Waals surface area (Å²) in [5, 5.41) is 19.7. The third-order valence-electron chi connectivity index (χ3n) is 6.41. The molecule has 2 N–H and O–H groups in total. The van der Waals surface area contributed by atoms with Crippen LogP contribution < -0.4 is 14.2 Å². The van der Waals surface area contributed by atoms with Gasteiger partial charge in [0.15, 0.2) is 5.60 Å². The highest BCUT2D eigenvalue weighted by atomic mass is 16.7. The predicted octanol–water partition coefficient (Wildman–Crippen LogP) is 6.40. The van der Waals surface area contributed by atoms with Crippen molar-refractivity contribution in [1.29, 1.82) is 0 Å². The quantitative estimate of drug-likeness (QED) is 0.526. The van der Waals surface area contributed by atoms with Crippen LogP contribution in [0.15, 0.2) is 24.3 Å². The Labute approximate surface area is 202 Å². The minimum absolute atomic E-state index is 0.255. The van der Waals surface area contributed by atoms with Gasteiger partial charge in [-0.05, 0) is 68.5 Å². The van der Waals surface area contributed by atoms with Gasteiger partial charge in [-0.2, -0.15) is 0 Å². The standard InChI is InChI=1S/C28H38O6/c1-16-11-23-19(13-20(16)29)26(6,7)15-28(10,34-23)33-22-12-17(2)21(14-18(22)25(3,4)5)32-27(8,9)24(30)31/h11-14,29H,15H2,1-10H3,(H,30,31)/t28-/m0/s1. The van der Waals surface area contributed by atoms with Gasteiger partial charge in [0.2, 0.25) is 5.79 Å². The minimum Gasteiger partial charge on any atom is -0.508 e. The molecule has 6 heteroatoms. The smallest absolute Gasteiger partial charge is 0.347 e. The number of carbonyl (C=O) groups is 1. The number of phenols is 1. The summed E-state index contributed by atoms with van der Waals surface area (Å²) in [6.07, 6.45) is 0.572. The highest BCUT2D eigenvalue weighted by Crippen LogP contribution is 2.48. The number of carboxylic acids is 1. The van der Waals surface area contributed by atoms with E-state index in [0.29, 0.717) is 23.7 Å². The number of benzene rings is 2. The number of aromatic hydroxyl groups is 1. The molecule has 0 spiro atoms. The summed E-state index contributed by atoms with van der Waals surface area (Å²) < 4.78 is 18.9. The maximum Gasteiger partial charge on any atom is 0.347 e. The topological polar surface area (TPSA) is 85.2 Å². The molecular weight excluding hydrogens is 432 g/mol. The molecule has 2 aromatic carbocycles. The number of aliphatic carboxylic acids is 1. The van der Waals surface area contributed by atoms with Gasteiger partial charge in [-0.3, -0.25) is 0 Å². The third-order valence-corrected chi connectivity index (χ3v) is 6.41. The lowest BCUT2D eigenvalue weighted by molar-refractivity contribution is -0.152. The lowest BCUT2D eigenvalue weighted by Gasteiger charge is -2.44. The molecule has 0 radical (unpaired) electrons. The molecule has 0 fully saturated rings. The van der Waals surface area contributed by atoms with Crippen LogP contribution in [0.3, 0.4) is 0 Å². The molecule has 6 nitrogen and oxygen atoms in total. The monoisotopic (exact) mass is 470 g/mol. The van der Waals surface area contributed by atoms with Crippen molar-refractivity contribution in [2.75, 3.05) is 0 Å². The van der Waals surface area contributed by atoms with Gasteiger partial charge in [-0.25, -0.2) is 4.79 Å². The predicted molar refractivity (Wildman–Crippen MR) is 132 cm³/mol. The van der Waals surface area contributed by atoms with Gasteiger partial charge in [0.25, 0.3) is 0 Å². The second-order valence-electron chi connectivity index (χ2n) is 11.8. The molecule has 0 aromatic heterocycles. The van der Waals surface area contributed by atoms with Crippen LogP contribution in [0.2, 0.25) is 0 Å². The Balaban J connectivity index is 2.05. The highest BCUT2D eigenvalue weighted by molar-refractivity contribution is 5.77. The summed E-state index contributed by atoms with van der Waals surface area (Å²) in [6, 6.07) is 7.41. The third kappa shape index (κ3) is 4.96. The SMILES string of the molecule is Cc1cc2c(cc1O)C(C)(C)C[C@@](C)(Oc1cc(C)c(OC(C)(C)C(=O)O)cc1C(C)(C)C)O2. The molecule has 0 saturated heterocycles. The van der Waals surface area contributed by atoms with E-state index in [0.717, 1.165) is 22.3 Å². The zero-order valence-electron chi connectivity index (χ0n) is 22.0. The average Bonchev–Trinajstić information content (AvgIpc) is 2.63. The van der Waals surface area contributed by atoms with E-state index in [9.17, 15) is 15.0 Å². The van der Waals surface area contributed by atoms with E-state index < -0.39 is 17.4 Å². The van der Waals surface area contributed by atoms with Gasteiger partial charge in [-0.1, -0.05) is 34.6 Å². The van der Waals surface area contributed by atoms with Crippen LogP contribution >= 0.6 is 0 Å².